The minimum absolute atomic E-state index is 0.0406. The lowest BCUT2D eigenvalue weighted by atomic mass is 10.2. The molecular weight excluding hydrogens is 402 g/mol. The third-order valence-corrected chi connectivity index (χ3v) is 4.65. The predicted octanol–water partition coefficient (Wildman–Crippen LogP) is 2.02. The van der Waals surface area contributed by atoms with Crippen molar-refractivity contribution in [2.24, 2.45) is 0 Å². The molecule has 0 aromatic heterocycles. The fourth-order valence-electron chi connectivity index (χ4n) is 2.61. The summed E-state index contributed by atoms with van der Waals surface area (Å²) in [6.45, 7) is 0. The van der Waals surface area contributed by atoms with Crippen molar-refractivity contribution < 1.29 is 19.1 Å². The van der Waals surface area contributed by atoms with E-state index < -0.39 is 17.9 Å². The van der Waals surface area contributed by atoms with Gasteiger partial charge in [0, 0.05) is 4.47 Å². The lowest BCUT2D eigenvalue weighted by Gasteiger charge is -2.16. The van der Waals surface area contributed by atoms with Crippen LogP contribution in [0.2, 0.25) is 0 Å². The quantitative estimate of drug-likeness (QED) is 0.573. The zero-order chi connectivity index (χ0) is 18.7. The highest BCUT2D eigenvalue weighted by Crippen LogP contribution is 2.25. The molecule has 1 aliphatic rings. The molecule has 0 radical (unpaired) electrons. The molecule has 2 aromatic carbocycles. The van der Waals surface area contributed by atoms with Gasteiger partial charge in [-0.2, -0.15) is 0 Å². The van der Waals surface area contributed by atoms with E-state index in [1.807, 2.05) is 0 Å². The number of hydrazine groups is 1. The Morgan fingerprint density at radius 2 is 1.85 bits per heavy atom. The highest BCUT2D eigenvalue weighted by molar-refractivity contribution is 9.10. The molecule has 8 heteroatoms. The lowest BCUT2D eigenvalue weighted by Crippen LogP contribution is -2.48. The number of nitrogens with zero attached hydrogens (tertiary/aromatic N) is 1. The van der Waals surface area contributed by atoms with Crippen molar-refractivity contribution in [2.45, 2.75) is 12.5 Å². The molecule has 1 heterocycles. The summed E-state index contributed by atoms with van der Waals surface area (Å²) in [5.41, 5.74) is 6.02. The molecule has 3 rings (SSSR count). The van der Waals surface area contributed by atoms with E-state index in [4.69, 9.17) is 4.74 Å². The highest BCUT2D eigenvalue weighted by Gasteiger charge is 2.39. The molecule has 7 nitrogen and oxygen atoms in total. The monoisotopic (exact) mass is 417 g/mol. The van der Waals surface area contributed by atoms with Gasteiger partial charge in [0.15, 0.2) is 0 Å². The number of halogens is 1. The van der Waals surface area contributed by atoms with E-state index in [9.17, 15) is 14.4 Å². The molecule has 0 aliphatic carbocycles. The average Bonchev–Trinajstić information content (AvgIpc) is 2.93. The van der Waals surface area contributed by atoms with Crippen molar-refractivity contribution in [3.63, 3.8) is 0 Å². The molecule has 2 N–H and O–H groups in total. The van der Waals surface area contributed by atoms with E-state index in [0.29, 0.717) is 21.5 Å². The molecule has 1 saturated heterocycles. The van der Waals surface area contributed by atoms with Gasteiger partial charge in [-0.05, 0) is 52.3 Å². The Morgan fingerprint density at radius 1 is 1.15 bits per heavy atom. The van der Waals surface area contributed by atoms with Crippen molar-refractivity contribution in [1.29, 1.82) is 0 Å². The number of anilines is 1. The number of amides is 3. The number of nitrogens with one attached hydrogen (secondary N) is 2. The first kappa shape index (κ1) is 18.1. The summed E-state index contributed by atoms with van der Waals surface area (Å²) in [6, 6.07) is 12.7. The van der Waals surface area contributed by atoms with Gasteiger partial charge in [0.05, 0.1) is 24.8 Å². The summed E-state index contributed by atoms with van der Waals surface area (Å²) >= 11 is 3.30. The van der Waals surface area contributed by atoms with Crippen LogP contribution in [0.1, 0.15) is 16.8 Å². The normalized spacial score (nSPS) is 16.7. The largest absolute Gasteiger partial charge is 0.497 e. The fraction of sp³-hybridized carbons (Fsp3) is 0.167. The van der Waals surface area contributed by atoms with Crippen LogP contribution in [-0.4, -0.2) is 30.9 Å². The molecule has 3 amide bonds. The molecule has 0 spiro atoms. The van der Waals surface area contributed by atoms with Gasteiger partial charge in [-0.15, -0.1) is 0 Å². The van der Waals surface area contributed by atoms with Crippen molar-refractivity contribution in [2.75, 3.05) is 12.0 Å². The Labute approximate surface area is 158 Å². The Morgan fingerprint density at radius 3 is 2.50 bits per heavy atom. The average molecular weight is 418 g/mol. The maximum atomic E-state index is 12.5. The smallest absolute Gasteiger partial charge is 0.266 e. The third-order valence-electron chi connectivity index (χ3n) is 3.96. The van der Waals surface area contributed by atoms with Crippen LogP contribution in [0.5, 0.6) is 5.75 Å². The molecule has 0 saturated carbocycles. The van der Waals surface area contributed by atoms with Gasteiger partial charge in [0.1, 0.15) is 11.8 Å². The molecule has 1 aliphatic heterocycles. The van der Waals surface area contributed by atoms with Crippen LogP contribution in [0.25, 0.3) is 0 Å². The summed E-state index contributed by atoms with van der Waals surface area (Å²) in [5, 5.41) is 0. The number of carbonyl (C=O) groups excluding carboxylic acids is 3. The number of benzene rings is 2. The number of hydrogen-bond acceptors (Lipinski definition) is 5. The van der Waals surface area contributed by atoms with Gasteiger partial charge in [-0.25, -0.2) is 10.3 Å². The van der Waals surface area contributed by atoms with Crippen LogP contribution >= 0.6 is 15.9 Å². The van der Waals surface area contributed by atoms with Crippen LogP contribution in [0.15, 0.2) is 53.0 Å². The predicted molar refractivity (Wildman–Crippen MR) is 98.6 cm³/mol. The van der Waals surface area contributed by atoms with E-state index in [1.54, 1.807) is 48.5 Å². The van der Waals surface area contributed by atoms with Crippen LogP contribution in [0.4, 0.5) is 5.69 Å². The van der Waals surface area contributed by atoms with Gasteiger partial charge in [0.2, 0.25) is 5.91 Å². The van der Waals surface area contributed by atoms with Crippen LogP contribution < -0.4 is 20.5 Å². The number of carbonyl (C=O) groups is 3. The summed E-state index contributed by atoms with van der Waals surface area (Å²) in [7, 11) is 1.54. The van der Waals surface area contributed by atoms with Gasteiger partial charge < -0.3 is 4.74 Å². The Hall–Kier alpha value is -2.71. The topological polar surface area (TPSA) is 87.7 Å². The first-order valence-electron chi connectivity index (χ1n) is 7.82. The zero-order valence-electron chi connectivity index (χ0n) is 13.9. The minimum atomic E-state index is -0.823. The van der Waals surface area contributed by atoms with E-state index >= 15 is 0 Å². The summed E-state index contributed by atoms with van der Waals surface area (Å²) in [4.78, 5) is 38.1. The van der Waals surface area contributed by atoms with E-state index in [-0.39, 0.29) is 12.3 Å². The minimum Gasteiger partial charge on any atom is -0.497 e. The SMILES string of the molecule is COc1ccc(N2C(=O)CC(NNC(=O)c3ccccc3Br)C2=O)cc1. The Bertz CT molecular complexity index is 854. The van der Waals surface area contributed by atoms with Gasteiger partial charge in [-0.3, -0.25) is 19.8 Å². The molecule has 2 aromatic rings. The number of hydrogen-bond donors (Lipinski definition) is 2. The second-order valence-corrected chi connectivity index (χ2v) is 6.45. The maximum Gasteiger partial charge on any atom is 0.266 e. The number of rotatable bonds is 5. The van der Waals surface area contributed by atoms with Crippen molar-refractivity contribution >= 4 is 39.3 Å². The molecule has 26 heavy (non-hydrogen) atoms. The van der Waals surface area contributed by atoms with Gasteiger partial charge >= 0.3 is 0 Å². The first-order chi connectivity index (χ1) is 12.5. The van der Waals surface area contributed by atoms with Gasteiger partial charge in [-0.1, -0.05) is 12.1 Å². The Balaban J connectivity index is 1.67. The van der Waals surface area contributed by atoms with Crippen molar-refractivity contribution in [3.05, 3.63) is 58.6 Å². The van der Waals surface area contributed by atoms with Crippen molar-refractivity contribution in [1.82, 2.24) is 10.9 Å². The van der Waals surface area contributed by atoms with Crippen LogP contribution in [0.3, 0.4) is 0 Å². The molecule has 1 atom stereocenters. The summed E-state index contributed by atoms with van der Waals surface area (Å²) < 4.78 is 5.70. The molecule has 0 bridgehead atoms. The summed E-state index contributed by atoms with van der Waals surface area (Å²) in [6.07, 6.45) is -0.0406. The number of ether oxygens (including phenoxy) is 1. The second kappa shape index (κ2) is 7.67. The number of methoxy groups -OCH3 is 1. The summed E-state index contributed by atoms with van der Waals surface area (Å²) in [5.74, 6) is -0.538. The van der Waals surface area contributed by atoms with Crippen LogP contribution in [0, 0.1) is 0 Å². The lowest BCUT2D eigenvalue weighted by molar-refractivity contribution is -0.121. The molecular formula is C18H16BrN3O4. The van der Waals surface area contributed by atoms with E-state index in [1.165, 1.54) is 7.11 Å². The maximum absolute atomic E-state index is 12.5. The molecule has 134 valence electrons. The third kappa shape index (κ3) is 3.61. The molecule has 1 fully saturated rings. The van der Waals surface area contributed by atoms with Crippen LogP contribution in [-0.2, 0) is 9.59 Å². The van der Waals surface area contributed by atoms with Gasteiger partial charge in [0.25, 0.3) is 11.8 Å². The Kier molecular flexibility index (Phi) is 5.34. The van der Waals surface area contributed by atoms with Crippen molar-refractivity contribution in [3.8, 4) is 5.75 Å². The van der Waals surface area contributed by atoms with E-state index in [0.717, 1.165) is 4.90 Å². The fourth-order valence-corrected chi connectivity index (χ4v) is 3.08. The van der Waals surface area contributed by atoms with E-state index in [2.05, 4.69) is 26.8 Å². The highest BCUT2D eigenvalue weighted by atomic mass is 79.9. The second-order valence-electron chi connectivity index (χ2n) is 5.60. The number of imide groups is 1. The zero-order valence-corrected chi connectivity index (χ0v) is 15.4. The standard InChI is InChI=1S/C18H16BrN3O4/c1-26-12-8-6-11(7-9-12)22-16(23)10-15(18(22)25)20-21-17(24)13-4-2-3-5-14(13)19/h2-9,15,20H,10H2,1H3,(H,21,24). The molecule has 1 unspecified atom stereocenters. The first-order valence-corrected chi connectivity index (χ1v) is 8.62.